The molecule has 0 radical (unpaired) electrons. The number of thioether (sulfide) groups is 1. The number of nitrogens with zero attached hydrogens (tertiary/aromatic N) is 1. The fraction of sp³-hybridized carbons (Fsp3) is 0.923. The first-order valence-electron chi connectivity index (χ1n) is 8.05. The normalized spacial score (nSPS) is 30.9. The second-order valence-electron chi connectivity index (χ2n) is 5.89. The van der Waals surface area contributed by atoms with Crippen LogP contribution in [0.1, 0.15) is 25.7 Å². The largest absolute Gasteiger partial charge is 0.466 e. The van der Waals surface area contributed by atoms with Crippen molar-refractivity contribution in [1.82, 2.24) is 0 Å². The molecular formula is C13H25NO10S3. The number of ether oxygens (including phenoxy) is 1. The van der Waals surface area contributed by atoms with Gasteiger partial charge in [0.2, 0.25) is 0 Å². The predicted molar refractivity (Wildman–Crippen MR) is 98.8 cm³/mol. The van der Waals surface area contributed by atoms with Gasteiger partial charge in [0.15, 0.2) is 0 Å². The van der Waals surface area contributed by atoms with Gasteiger partial charge in [0.05, 0.1) is 6.61 Å². The Hall–Kier alpha value is -0.320. The van der Waals surface area contributed by atoms with E-state index in [2.05, 4.69) is 9.44 Å². The molecule has 0 saturated carbocycles. The minimum atomic E-state index is -4.83. The Morgan fingerprint density at radius 3 is 2.41 bits per heavy atom. The lowest BCUT2D eigenvalue weighted by Crippen LogP contribution is -2.57. The van der Waals surface area contributed by atoms with Gasteiger partial charge < -0.3 is 25.2 Å². The summed E-state index contributed by atoms with van der Waals surface area (Å²) in [5, 5.41) is 42.2. The summed E-state index contributed by atoms with van der Waals surface area (Å²) < 4.78 is 50.5. The molecule has 1 fully saturated rings. The van der Waals surface area contributed by atoms with Crippen LogP contribution in [0.3, 0.4) is 0 Å². The van der Waals surface area contributed by atoms with Crippen molar-refractivity contribution in [3.8, 4) is 0 Å². The molecule has 14 heteroatoms. The minimum Gasteiger partial charge on any atom is -0.394 e. The van der Waals surface area contributed by atoms with Gasteiger partial charge >= 0.3 is 10.4 Å². The monoisotopic (exact) mass is 451 g/mol. The van der Waals surface area contributed by atoms with Crippen LogP contribution in [0.25, 0.3) is 0 Å². The van der Waals surface area contributed by atoms with Gasteiger partial charge in [-0.25, -0.2) is 4.28 Å². The molecule has 27 heavy (non-hydrogen) atoms. The van der Waals surface area contributed by atoms with Crippen molar-refractivity contribution >= 4 is 38.0 Å². The zero-order valence-corrected chi connectivity index (χ0v) is 17.0. The molecule has 160 valence electrons. The molecule has 1 saturated heterocycles. The van der Waals surface area contributed by atoms with Crippen LogP contribution in [-0.4, -0.2) is 91.1 Å². The van der Waals surface area contributed by atoms with E-state index >= 15 is 0 Å². The summed E-state index contributed by atoms with van der Waals surface area (Å²) in [6, 6.07) is 0. The number of aliphatic hydroxyl groups is 4. The van der Waals surface area contributed by atoms with E-state index in [4.69, 9.17) is 9.29 Å². The summed E-state index contributed by atoms with van der Waals surface area (Å²) >= 11 is 0.739. The topological polar surface area (TPSA) is 183 Å². The summed E-state index contributed by atoms with van der Waals surface area (Å²) in [6.45, 7) is -0.607. The third-order valence-electron chi connectivity index (χ3n) is 3.66. The molecule has 1 aliphatic rings. The van der Waals surface area contributed by atoms with Gasteiger partial charge in [0.25, 0.3) is 0 Å². The highest BCUT2D eigenvalue weighted by molar-refractivity contribution is 8.14. The highest BCUT2D eigenvalue weighted by Gasteiger charge is 2.44. The van der Waals surface area contributed by atoms with Crippen LogP contribution in [0, 0.1) is 0 Å². The maximum Gasteiger partial charge on any atom is 0.466 e. The van der Waals surface area contributed by atoms with Gasteiger partial charge in [-0.05, 0) is 19.3 Å². The first-order chi connectivity index (χ1) is 12.5. The molecule has 1 aliphatic heterocycles. The SMILES string of the molecule is C[S@](=O)CCCCC/C(=N\OS(=O)(=O)O)S[C@@H]1O[C@H](CO)[C@@H](O)[C@H](O)[C@H]1O. The Labute approximate surface area is 164 Å². The van der Waals surface area contributed by atoms with Crippen molar-refractivity contribution in [2.75, 3.05) is 18.6 Å². The summed E-state index contributed by atoms with van der Waals surface area (Å²) in [5.74, 6) is 0.522. The molecule has 6 atom stereocenters. The Morgan fingerprint density at radius 2 is 1.85 bits per heavy atom. The molecule has 0 aromatic heterocycles. The highest BCUT2D eigenvalue weighted by Crippen LogP contribution is 2.30. The third-order valence-corrected chi connectivity index (χ3v) is 5.96. The lowest BCUT2D eigenvalue weighted by Gasteiger charge is -2.39. The first-order valence-corrected chi connectivity index (χ1v) is 12.0. The van der Waals surface area contributed by atoms with Crippen LogP contribution in [0.15, 0.2) is 5.16 Å². The molecule has 1 heterocycles. The van der Waals surface area contributed by atoms with Crippen molar-refractivity contribution in [2.45, 2.75) is 55.5 Å². The van der Waals surface area contributed by atoms with Crippen molar-refractivity contribution in [2.24, 2.45) is 5.16 Å². The molecule has 0 aromatic carbocycles. The molecule has 1 rings (SSSR count). The second kappa shape index (κ2) is 11.6. The zero-order valence-electron chi connectivity index (χ0n) is 14.6. The number of rotatable bonds is 10. The van der Waals surface area contributed by atoms with Gasteiger partial charge in [0.1, 0.15) is 34.9 Å². The number of oxime groups is 1. The molecule has 5 N–H and O–H groups in total. The van der Waals surface area contributed by atoms with Gasteiger partial charge in [-0.3, -0.25) is 8.76 Å². The standard InChI is InChI=1S/C13H25NO10S3/c1-26(19)6-4-2-3-5-9(14-24-27(20,21)22)25-13-12(18)11(17)10(16)8(7-15)23-13/h8,10-13,15-18H,2-7H2,1H3,(H,20,21,22)/b14-9+/t8-,10-,11+,12-,13+,26+/m1/s1. The van der Waals surface area contributed by atoms with Crippen LogP contribution < -0.4 is 0 Å². The summed E-state index contributed by atoms with van der Waals surface area (Å²) in [4.78, 5) is 0. The molecular weight excluding hydrogens is 426 g/mol. The Balaban J connectivity index is 2.75. The Bertz CT molecular complexity index is 611. The summed E-state index contributed by atoms with van der Waals surface area (Å²) in [7, 11) is -5.75. The van der Waals surface area contributed by atoms with Crippen molar-refractivity contribution in [1.29, 1.82) is 0 Å². The van der Waals surface area contributed by atoms with Crippen molar-refractivity contribution < 1.29 is 46.6 Å². The van der Waals surface area contributed by atoms with Crippen LogP contribution in [0.5, 0.6) is 0 Å². The lowest BCUT2D eigenvalue weighted by molar-refractivity contribution is -0.205. The van der Waals surface area contributed by atoms with Gasteiger partial charge in [0, 0.05) is 22.8 Å². The van der Waals surface area contributed by atoms with E-state index in [1.807, 2.05) is 0 Å². The number of aliphatic hydroxyl groups excluding tert-OH is 4. The maximum absolute atomic E-state index is 11.0. The fourth-order valence-electron chi connectivity index (χ4n) is 2.27. The molecule has 0 aromatic rings. The van der Waals surface area contributed by atoms with Crippen molar-refractivity contribution in [3.05, 3.63) is 0 Å². The Kier molecular flexibility index (Phi) is 10.6. The summed E-state index contributed by atoms with van der Waals surface area (Å²) in [5.41, 5.74) is -1.16. The quantitative estimate of drug-likeness (QED) is 0.0864. The van der Waals surface area contributed by atoms with E-state index in [-0.39, 0.29) is 11.5 Å². The first kappa shape index (κ1) is 24.7. The van der Waals surface area contributed by atoms with E-state index in [0.717, 1.165) is 11.8 Å². The van der Waals surface area contributed by atoms with Crippen LogP contribution in [-0.2, 0) is 30.2 Å². The van der Waals surface area contributed by atoms with E-state index in [1.165, 1.54) is 0 Å². The molecule has 0 unspecified atom stereocenters. The molecule has 0 aliphatic carbocycles. The minimum absolute atomic E-state index is 0.0505. The zero-order chi connectivity index (χ0) is 20.6. The van der Waals surface area contributed by atoms with Crippen molar-refractivity contribution in [3.63, 3.8) is 0 Å². The average molecular weight is 452 g/mol. The number of hydrogen-bond donors (Lipinski definition) is 5. The Morgan fingerprint density at radius 1 is 1.19 bits per heavy atom. The maximum atomic E-state index is 11.0. The number of unbranched alkanes of at least 4 members (excludes halogenated alkanes) is 2. The van der Waals surface area contributed by atoms with E-state index in [0.29, 0.717) is 25.0 Å². The second-order valence-corrected chi connectivity index (χ2v) is 9.62. The van der Waals surface area contributed by atoms with Gasteiger partial charge in [-0.1, -0.05) is 23.3 Å². The smallest absolute Gasteiger partial charge is 0.394 e. The van der Waals surface area contributed by atoms with Gasteiger partial charge in [-0.2, -0.15) is 8.42 Å². The third kappa shape index (κ3) is 9.15. The lowest BCUT2D eigenvalue weighted by atomic mass is 10.0. The molecule has 0 spiro atoms. The van der Waals surface area contributed by atoms with Crippen LogP contribution in [0.2, 0.25) is 0 Å². The molecule has 0 bridgehead atoms. The highest BCUT2D eigenvalue weighted by atomic mass is 32.3. The van der Waals surface area contributed by atoms with Gasteiger partial charge in [-0.15, -0.1) is 0 Å². The van der Waals surface area contributed by atoms with Crippen LogP contribution in [0.4, 0.5) is 0 Å². The van der Waals surface area contributed by atoms with E-state index in [1.54, 1.807) is 6.26 Å². The average Bonchev–Trinajstić information content (AvgIpc) is 2.58. The number of hydrogen-bond acceptors (Lipinski definition) is 11. The summed E-state index contributed by atoms with van der Waals surface area (Å²) in [6.07, 6.45) is -2.11. The van der Waals surface area contributed by atoms with E-state index < -0.39 is 57.7 Å². The predicted octanol–water partition coefficient (Wildman–Crippen LogP) is -1.41. The van der Waals surface area contributed by atoms with Crippen LogP contribution >= 0.6 is 11.8 Å². The fourth-order valence-corrected chi connectivity index (χ4v) is 4.22. The van der Waals surface area contributed by atoms with E-state index in [9.17, 15) is 33.1 Å². The molecule has 0 amide bonds. The molecule has 11 nitrogen and oxygen atoms in total.